The molecule has 2 rings (SSSR count). The lowest BCUT2D eigenvalue weighted by molar-refractivity contribution is -0.115. The van der Waals surface area contributed by atoms with Crippen LogP contribution in [0.15, 0.2) is 0 Å². The monoisotopic (exact) mass is 320 g/mol. The van der Waals surface area contributed by atoms with E-state index in [1.807, 2.05) is 13.0 Å². The molecule has 1 N–H and O–H groups in total. The van der Waals surface area contributed by atoms with Gasteiger partial charge in [0.05, 0.1) is 18.2 Å². The van der Waals surface area contributed by atoms with E-state index in [1.165, 1.54) is 11.3 Å². The summed E-state index contributed by atoms with van der Waals surface area (Å²) in [6, 6.07) is 1.82. The first-order valence-electron chi connectivity index (χ1n) is 7.55. The topological polar surface area (TPSA) is 79.2 Å². The fourth-order valence-corrected chi connectivity index (χ4v) is 3.98. The number of hydrogen-bond donors (Lipinski definition) is 1. The molecule has 1 heterocycles. The Bertz CT molecular complexity index is 616. The van der Waals surface area contributed by atoms with Crippen LogP contribution < -0.4 is 5.32 Å². The molecular weight excluding hydrogens is 300 g/mol. The van der Waals surface area contributed by atoms with Crippen LogP contribution in [0, 0.1) is 17.2 Å². The summed E-state index contributed by atoms with van der Waals surface area (Å²) in [4.78, 5) is 25.2. The lowest BCUT2D eigenvalue weighted by Gasteiger charge is -2.18. The minimum atomic E-state index is -0.390. The Morgan fingerprint density at radius 3 is 2.95 bits per heavy atom. The van der Waals surface area contributed by atoms with Gasteiger partial charge in [-0.05, 0) is 37.2 Å². The molecule has 0 unspecified atom stereocenters. The maximum Gasteiger partial charge on any atom is 0.341 e. The molecule has 0 aromatic carbocycles. The van der Waals surface area contributed by atoms with Crippen molar-refractivity contribution in [3.63, 3.8) is 0 Å². The van der Waals surface area contributed by atoms with Crippen molar-refractivity contribution in [2.75, 3.05) is 11.9 Å². The zero-order valence-electron chi connectivity index (χ0n) is 12.9. The molecule has 0 saturated heterocycles. The molecule has 22 heavy (non-hydrogen) atoms. The molecule has 0 aliphatic heterocycles. The first-order valence-corrected chi connectivity index (χ1v) is 8.36. The van der Waals surface area contributed by atoms with E-state index in [0.29, 0.717) is 23.1 Å². The largest absolute Gasteiger partial charge is 0.462 e. The number of carbonyl (C=O) groups excluding carboxylic acids is 2. The van der Waals surface area contributed by atoms with Crippen LogP contribution in [0.2, 0.25) is 0 Å². The zero-order chi connectivity index (χ0) is 16.1. The van der Waals surface area contributed by atoms with Crippen LogP contribution in [-0.2, 0) is 22.4 Å². The number of carbonyl (C=O) groups is 2. The number of rotatable bonds is 5. The maximum atomic E-state index is 12.3. The quantitative estimate of drug-likeness (QED) is 0.844. The maximum absolute atomic E-state index is 12.3. The van der Waals surface area contributed by atoms with E-state index in [9.17, 15) is 9.59 Å². The van der Waals surface area contributed by atoms with E-state index < -0.39 is 5.91 Å². The van der Waals surface area contributed by atoms with E-state index in [-0.39, 0.29) is 12.4 Å². The number of fused-ring (bicyclic) bond motifs is 1. The molecule has 1 aromatic rings. The lowest BCUT2D eigenvalue weighted by atomic mass is 9.88. The van der Waals surface area contributed by atoms with Gasteiger partial charge >= 0.3 is 5.97 Å². The highest BCUT2D eigenvalue weighted by Gasteiger charge is 2.29. The number of esters is 1. The Kier molecular flexibility index (Phi) is 5.56. The number of nitrogens with one attached hydrogen (secondary N) is 1. The predicted octanol–water partition coefficient (Wildman–Crippen LogP) is 3.29. The average Bonchev–Trinajstić information content (AvgIpc) is 2.81. The first kappa shape index (κ1) is 16.5. The first-order chi connectivity index (χ1) is 10.6. The third-order valence-corrected chi connectivity index (χ3v) is 4.82. The Morgan fingerprint density at radius 1 is 1.50 bits per heavy atom. The molecule has 1 aliphatic rings. The third kappa shape index (κ3) is 3.66. The number of hydrogen-bond acceptors (Lipinski definition) is 5. The second-order valence-corrected chi connectivity index (χ2v) is 6.68. The van der Waals surface area contributed by atoms with Crippen molar-refractivity contribution in [3.8, 4) is 6.07 Å². The van der Waals surface area contributed by atoms with Gasteiger partial charge < -0.3 is 10.1 Å². The lowest BCUT2D eigenvalue weighted by Crippen LogP contribution is -2.16. The van der Waals surface area contributed by atoms with Crippen molar-refractivity contribution in [2.45, 2.75) is 46.0 Å². The summed E-state index contributed by atoms with van der Waals surface area (Å²) < 4.78 is 5.26. The molecule has 0 saturated carbocycles. The molecule has 1 aliphatic carbocycles. The van der Waals surface area contributed by atoms with E-state index in [0.717, 1.165) is 36.1 Å². The number of thiophene rings is 1. The fourth-order valence-electron chi connectivity index (χ4n) is 2.56. The van der Waals surface area contributed by atoms with Crippen molar-refractivity contribution in [1.82, 2.24) is 0 Å². The molecule has 118 valence electrons. The van der Waals surface area contributed by atoms with Gasteiger partial charge in [0.15, 0.2) is 0 Å². The second kappa shape index (κ2) is 7.41. The van der Waals surface area contributed by atoms with Crippen molar-refractivity contribution in [2.24, 2.45) is 5.92 Å². The van der Waals surface area contributed by atoms with Crippen LogP contribution >= 0.6 is 11.3 Å². The van der Waals surface area contributed by atoms with E-state index >= 15 is 0 Å². The highest BCUT2D eigenvalue weighted by atomic mass is 32.1. The Morgan fingerprint density at radius 2 is 2.27 bits per heavy atom. The molecule has 0 bridgehead atoms. The molecular formula is C16H20N2O3S. The summed E-state index contributed by atoms with van der Waals surface area (Å²) in [6.07, 6.45) is 3.32. The molecule has 0 fully saturated rings. The van der Waals surface area contributed by atoms with E-state index in [2.05, 4.69) is 12.2 Å². The smallest absolute Gasteiger partial charge is 0.341 e. The average molecular weight is 320 g/mol. The van der Waals surface area contributed by atoms with Gasteiger partial charge in [0.25, 0.3) is 0 Å². The van der Waals surface area contributed by atoms with Crippen LogP contribution in [0.4, 0.5) is 5.00 Å². The summed E-state index contributed by atoms with van der Waals surface area (Å²) >= 11 is 1.44. The van der Waals surface area contributed by atoms with Crippen molar-refractivity contribution >= 4 is 28.2 Å². The third-order valence-electron chi connectivity index (χ3n) is 3.65. The van der Waals surface area contributed by atoms with Crippen LogP contribution in [0.25, 0.3) is 0 Å². The molecule has 6 heteroatoms. The van der Waals surface area contributed by atoms with Crippen molar-refractivity contribution in [1.29, 1.82) is 5.26 Å². The van der Waals surface area contributed by atoms with Crippen LogP contribution in [-0.4, -0.2) is 18.5 Å². The molecule has 1 atom stereocenters. The molecule has 0 spiro atoms. The summed E-state index contributed by atoms with van der Waals surface area (Å²) in [7, 11) is 0. The van der Waals surface area contributed by atoms with Gasteiger partial charge in [-0.2, -0.15) is 5.26 Å². The zero-order valence-corrected chi connectivity index (χ0v) is 13.7. The van der Waals surface area contributed by atoms with E-state index in [1.54, 1.807) is 0 Å². The van der Waals surface area contributed by atoms with Crippen molar-refractivity contribution in [3.05, 3.63) is 16.0 Å². The van der Waals surface area contributed by atoms with Gasteiger partial charge in [-0.15, -0.1) is 11.3 Å². The summed E-state index contributed by atoms with van der Waals surface area (Å²) in [5.74, 6) is -0.187. The van der Waals surface area contributed by atoms with Crippen LogP contribution in [0.3, 0.4) is 0 Å². The second-order valence-electron chi connectivity index (χ2n) is 5.57. The van der Waals surface area contributed by atoms with Crippen molar-refractivity contribution < 1.29 is 14.3 Å². The number of anilines is 1. The number of nitrogens with zero attached hydrogens (tertiary/aromatic N) is 1. The van der Waals surface area contributed by atoms with Gasteiger partial charge in [-0.3, -0.25) is 4.79 Å². The van der Waals surface area contributed by atoms with E-state index in [4.69, 9.17) is 10.00 Å². The normalized spacial score (nSPS) is 16.5. The van der Waals surface area contributed by atoms with Crippen LogP contribution in [0.5, 0.6) is 0 Å². The number of amides is 1. The summed E-state index contributed by atoms with van der Waals surface area (Å²) in [6.45, 7) is 4.49. The predicted molar refractivity (Wildman–Crippen MR) is 84.9 cm³/mol. The highest BCUT2D eigenvalue weighted by molar-refractivity contribution is 7.17. The summed E-state index contributed by atoms with van der Waals surface area (Å²) in [5.41, 5.74) is 1.50. The van der Waals surface area contributed by atoms with Gasteiger partial charge in [0.2, 0.25) is 5.91 Å². The summed E-state index contributed by atoms with van der Waals surface area (Å²) in [5, 5.41) is 11.8. The van der Waals surface area contributed by atoms with Gasteiger partial charge in [-0.1, -0.05) is 13.8 Å². The minimum absolute atomic E-state index is 0.220. The Balaban J connectivity index is 2.32. The Labute approximate surface area is 134 Å². The number of nitriles is 1. The molecule has 5 nitrogen and oxygen atoms in total. The molecule has 0 radical (unpaired) electrons. The fraction of sp³-hybridized carbons (Fsp3) is 0.562. The minimum Gasteiger partial charge on any atom is -0.462 e. The highest BCUT2D eigenvalue weighted by Crippen LogP contribution is 2.40. The number of ether oxygens (including phenoxy) is 1. The van der Waals surface area contributed by atoms with Crippen LogP contribution in [0.1, 0.15) is 53.9 Å². The van der Waals surface area contributed by atoms with Gasteiger partial charge in [0.1, 0.15) is 11.4 Å². The van der Waals surface area contributed by atoms with Gasteiger partial charge in [-0.25, -0.2) is 4.79 Å². The molecule has 1 aromatic heterocycles. The van der Waals surface area contributed by atoms with Gasteiger partial charge in [0, 0.05) is 4.88 Å². The molecule has 1 amide bonds. The Hall–Kier alpha value is -1.87. The SMILES string of the molecule is CCCOC(=O)c1c(NC(=O)CC#N)sc2c1CC[C@@H](C)C2. The standard InChI is InChI=1S/C16H20N2O3S/c1-3-8-21-16(20)14-11-5-4-10(2)9-12(11)22-15(14)18-13(19)6-7-17/h10H,3-6,8-9H2,1-2H3,(H,18,19)/t10-/m1/s1.